The fraction of sp³-hybridized carbons (Fsp3) is 0.167. The van der Waals surface area contributed by atoms with E-state index in [2.05, 4.69) is 20.3 Å². The number of hydrogen-bond donors (Lipinski definition) is 1. The van der Waals surface area contributed by atoms with Gasteiger partial charge in [-0.1, -0.05) is 12.1 Å². The number of ketones is 1. The van der Waals surface area contributed by atoms with Crippen LogP contribution in [0.2, 0.25) is 0 Å². The number of nitrogens with zero attached hydrogens (tertiary/aromatic N) is 3. The van der Waals surface area contributed by atoms with Crippen molar-refractivity contribution in [1.29, 1.82) is 0 Å². The highest BCUT2D eigenvalue weighted by Crippen LogP contribution is 2.25. The molecule has 154 valence electrons. The molecule has 0 spiro atoms. The first-order valence-electron chi connectivity index (χ1n) is 10.0. The van der Waals surface area contributed by atoms with E-state index < -0.39 is 0 Å². The van der Waals surface area contributed by atoms with Gasteiger partial charge in [0.15, 0.2) is 5.78 Å². The van der Waals surface area contributed by atoms with Crippen LogP contribution in [0.4, 0.5) is 4.39 Å². The lowest BCUT2D eigenvalue weighted by Gasteiger charge is -2.27. The number of aromatic nitrogens is 3. The van der Waals surface area contributed by atoms with E-state index >= 15 is 0 Å². The summed E-state index contributed by atoms with van der Waals surface area (Å²) in [4.78, 5) is 25.7. The summed E-state index contributed by atoms with van der Waals surface area (Å²) in [5, 5.41) is 5.07. The van der Waals surface area contributed by atoms with Crippen LogP contribution in [0.15, 0.2) is 67.1 Å². The van der Waals surface area contributed by atoms with Gasteiger partial charge in [0.25, 0.3) is 0 Å². The highest BCUT2D eigenvalue weighted by Gasteiger charge is 2.19. The van der Waals surface area contributed by atoms with E-state index in [1.807, 2.05) is 24.3 Å². The molecule has 5 rings (SSSR count). The molecule has 2 aromatic heterocycles. The molecule has 1 aliphatic rings. The molecule has 0 saturated carbocycles. The first-order chi connectivity index (χ1) is 15.1. The van der Waals surface area contributed by atoms with Crippen LogP contribution in [-0.2, 0) is 6.42 Å². The zero-order valence-corrected chi connectivity index (χ0v) is 16.6. The van der Waals surface area contributed by atoms with Gasteiger partial charge in [0.2, 0.25) is 5.88 Å². The molecule has 6 nitrogen and oxygen atoms in total. The molecule has 0 bridgehead atoms. The SMILES string of the molecule is O=C(Cc1cc2cc(-c3cncc(OC4CNC4)n3)ccc2cn1)c1ccc(F)cc1. The molecule has 0 unspecified atom stereocenters. The fourth-order valence-electron chi connectivity index (χ4n) is 3.41. The van der Waals surface area contributed by atoms with Gasteiger partial charge in [-0.05, 0) is 41.8 Å². The third kappa shape index (κ3) is 4.27. The van der Waals surface area contributed by atoms with E-state index in [0.29, 0.717) is 22.8 Å². The molecular weight excluding hydrogens is 395 g/mol. The Morgan fingerprint density at radius 3 is 2.65 bits per heavy atom. The summed E-state index contributed by atoms with van der Waals surface area (Å²) in [6.45, 7) is 1.63. The summed E-state index contributed by atoms with van der Waals surface area (Å²) in [6.07, 6.45) is 5.35. The fourth-order valence-corrected chi connectivity index (χ4v) is 3.41. The Labute approximate surface area is 178 Å². The Kier molecular flexibility index (Phi) is 5.09. The predicted molar refractivity (Wildman–Crippen MR) is 114 cm³/mol. The van der Waals surface area contributed by atoms with Gasteiger partial charge in [-0.15, -0.1) is 0 Å². The van der Waals surface area contributed by atoms with Gasteiger partial charge >= 0.3 is 0 Å². The average Bonchev–Trinajstić information content (AvgIpc) is 2.76. The molecule has 1 fully saturated rings. The Morgan fingerprint density at radius 1 is 1.03 bits per heavy atom. The Bertz CT molecular complexity index is 1260. The van der Waals surface area contributed by atoms with Crippen LogP contribution in [0.25, 0.3) is 22.0 Å². The largest absolute Gasteiger partial charge is 0.471 e. The zero-order chi connectivity index (χ0) is 21.2. The van der Waals surface area contributed by atoms with Crippen molar-refractivity contribution in [2.75, 3.05) is 13.1 Å². The van der Waals surface area contributed by atoms with Gasteiger partial charge < -0.3 is 10.1 Å². The molecule has 0 aliphatic carbocycles. The highest BCUT2D eigenvalue weighted by atomic mass is 19.1. The second-order valence-corrected chi connectivity index (χ2v) is 7.49. The van der Waals surface area contributed by atoms with Gasteiger partial charge in [0.05, 0.1) is 24.5 Å². The Morgan fingerprint density at radius 2 is 1.87 bits per heavy atom. The monoisotopic (exact) mass is 414 g/mol. The standard InChI is InChI=1S/C24H19FN4O2/c25-19-5-3-15(4-6-19)23(30)9-20-8-18-7-16(1-2-17(18)10-28-20)22-13-27-14-24(29-22)31-21-11-26-12-21/h1-8,10,13-14,21,26H,9,11-12H2. The van der Waals surface area contributed by atoms with Crippen LogP contribution in [0.1, 0.15) is 16.1 Å². The minimum absolute atomic E-state index is 0.107. The molecule has 1 N–H and O–H groups in total. The molecule has 3 heterocycles. The zero-order valence-electron chi connectivity index (χ0n) is 16.6. The summed E-state index contributed by atoms with van der Waals surface area (Å²) < 4.78 is 18.9. The van der Waals surface area contributed by atoms with Crippen molar-refractivity contribution in [3.63, 3.8) is 0 Å². The number of nitrogens with one attached hydrogen (secondary N) is 1. The van der Waals surface area contributed by atoms with E-state index in [9.17, 15) is 9.18 Å². The minimum Gasteiger partial charge on any atom is -0.471 e. The molecular formula is C24H19FN4O2. The van der Waals surface area contributed by atoms with Crippen molar-refractivity contribution < 1.29 is 13.9 Å². The average molecular weight is 414 g/mol. The van der Waals surface area contributed by atoms with Crippen LogP contribution >= 0.6 is 0 Å². The number of rotatable bonds is 6. The first kappa shape index (κ1) is 19.3. The maximum atomic E-state index is 13.1. The number of fused-ring (bicyclic) bond motifs is 1. The molecule has 1 aliphatic heterocycles. The number of pyridine rings is 1. The number of ether oxygens (including phenoxy) is 1. The lowest BCUT2D eigenvalue weighted by atomic mass is 10.0. The number of benzene rings is 2. The third-order valence-electron chi connectivity index (χ3n) is 5.23. The maximum absolute atomic E-state index is 13.1. The van der Waals surface area contributed by atoms with E-state index in [-0.39, 0.29) is 24.1 Å². The van der Waals surface area contributed by atoms with E-state index in [1.54, 1.807) is 18.6 Å². The predicted octanol–water partition coefficient (Wildman–Crippen LogP) is 3.61. The maximum Gasteiger partial charge on any atom is 0.233 e. The van der Waals surface area contributed by atoms with E-state index in [0.717, 1.165) is 29.4 Å². The van der Waals surface area contributed by atoms with Crippen molar-refractivity contribution in [1.82, 2.24) is 20.3 Å². The number of carbonyl (C=O) groups excluding carboxylic acids is 1. The summed E-state index contributed by atoms with van der Waals surface area (Å²) >= 11 is 0. The van der Waals surface area contributed by atoms with Crippen molar-refractivity contribution in [2.24, 2.45) is 0 Å². The summed E-state index contributed by atoms with van der Waals surface area (Å²) in [5.41, 5.74) is 2.73. The van der Waals surface area contributed by atoms with E-state index in [1.165, 1.54) is 24.3 Å². The van der Waals surface area contributed by atoms with Crippen molar-refractivity contribution >= 4 is 16.6 Å². The lowest BCUT2D eigenvalue weighted by molar-refractivity contribution is 0.0992. The van der Waals surface area contributed by atoms with Gasteiger partial charge in [-0.25, -0.2) is 9.37 Å². The normalized spacial score (nSPS) is 13.7. The topological polar surface area (TPSA) is 77.0 Å². The van der Waals surface area contributed by atoms with Gasteiger partial charge in [-0.2, -0.15) is 0 Å². The van der Waals surface area contributed by atoms with Gasteiger partial charge in [0, 0.05) is 41.5 Å². The number of halogens is 1. The number of hydrogen-bond acceptors (Lipinski definition) is 6. The molecule has 0 amide bonds. The van der Waals surface area contributed by atoms with Crippen LogP contribution in [0, 0.1) is 5.82 Å². The third-order valence-corrected chi connectivity index (χ3v) is 5.23. The van der Waals surface area contributed by atoms with Crippen LogP contribution in [0.5, 0.6) is 5.88 Å². The molecule has 0 radical (unpaired) electrons. The molecule has 7 heteroatoms. The van der Waals surface area contributed by atoms with Crippen molar-refractivity contribution in [3.8, 4) is 17.1 Å². The second-order valence-electron chi connectivity index (χ2n) is 7.49. The molecule has 4 aromatic rings. The van der Waals surface area contributed by atoms with Gasteiger partial charge in [-0.3, -0.25) is 14.8 Å². The van der Waals surface area contributed by atoms with Gasteiger partial charge in [0.1, 0.15) is 11.9 Å². The van der Waals surface area contributed by atoms with Crippen molar-refractivity contribution in [2.45, 2.75) is 12.5 Å². The Hall–Kier alpha value is -3.71. The first-order valence-corrected chi connectivity index (χ1v) is 10.0. The van der Waals surface area contributed by atoms with Crippen LogP contribution in [0.3, 0.4) is 0 Å². The Balaban J connectivity index is 1.39. The van der Waals surface area contributed by atoms with Crippen LogP contribution in [-0.4, -0.2) is 39.9 Å². The smallest absolute Gasteiger partial charge is 0.233 e. The number of Topliss-reactive ketones (excluding diaryl/α,β-unsaturated/α-hetero) is 1. The quantitative estimate of drug-likeness (QED) is 0.486. The summed E-state index contributed by atoms with van der Waals surface area (Å²) in [7, 11) is 0. The van der Waals surface area contributed by atoms with Crippen LogP contribution < -0.4 is 10.1 Å². The lowest BCUT2D eigenvalue weighted by Crippen LogP contribution is -2.50. The molecule has 31 heavy (non-hydrogen) atoms. The highest BCUT2D eigenvalue weighted by molar-refractivity contribution is 5.97. The van der Waals surface area contributed by atoms with E-state index in [4.69, 9.17) is 4.74 Å². The molecule has 2 aromatic carbocycles. The molecule has 0 atom stereocenters. The summed E-state index contributed by atoms with van der Waals surface area (Å²) in [5.74, 6) is 0.0310. The summed E-state index contributed by atoms with van der Waals surface area (Å²) in [6, 6.07) is 13.4. The van der Waals surface area contributed by atoms with Crippen molar-refractivity contribution in [3.05, 3.63) is 84.2 Å². The second kappa shape index (κ2) is 8.20. The molecule has 1 saturated heterocycles. The minimum atomic E-state index is -0.366. The number of carbonyl (C=O) groups is 1.